The lowest BCUT2D eigenvalue weighted by Crippen LogP contribution is -1.89. The number of hydrogen-bond acceptors (Lipinski definition) is 0. The molecule has 0 saturated carbocycles. The maximum Gasteiger partial charge on any atom is 0.0483 e. The van der Waals surface area contributed by atoms with Gasteiger partial charge in [0.25, 0.3) is 0 Å². The topological polar surface area (TPSA) is 4.93 Å². The molecular formula is C12H14N. The van der Waals surface area contributed by atoms with Gasteiger partial charge in [-0.15, -0.1) is 0 Å². The molecule has 1 aromatic carbocycles. The van der Waals surface area contributed by atoms with Crippen LogP contribution in [0.15, 0.2) is 30.5 Å². The highest BCUT2D eigenvalue weighted by Crippen LogP contribution is 2.21. The molecule has 1 radical (unpaired) electrons. The minimum absolute atomic E-state index is 1.04. The molecule has 1 aromatic heterocycles. The SMILES string of the molecule is C[CH]c1cn(CC)c2ccccc12. The average molecular weight is 172 g/mol. The van der Waals surface area contributed by atoms with Crippen molar-refractivity contribution in [1.82, 2.24) is 4.57 Å². The third kappa shape index (κ3) is 1.24. The molecule has 0 amide bonds. The number of rotatable bonds is 2. The molecule has 67 valence electrons. The lowest BCUT2D eigenvalue weighted by Gasteiger charge is -1.98. The standard InChI is InChI=1S/C12H14N/c1-3-10-9-13(4-2)12-8-6-5-7-11(10)12/h3,5-9H,4H2,1-2H3. The molecule has 0 aliphatic heterocycles. The average Bonchev–Trinajstić information content (AvgIpc) is 2.56. The molecule has 1 heterocycles. The predicted octanol–water partition coefficient (Wildman–Crippen LogP) is 3.23. The van der Waals surface area contributed by atoms with E-state index in [2.05, 4.69) is 55.3 Å². The molecule has 0 bridgehead atoms. The van der Waals surface area contributed by atoms with Gasteiger partial charge in [-0.05, 0) is 25.0 Å². The second kappa shape index (κ2) is 3.25. The van der Waals surface area contributed by atoms with Crippen LogP contribution in [-0.2, 0) is 6.54 Å². The van der Waals surface area contributed by atoms with Crippen molar-refractivity contribution in [3.63, 3.8) is 0 Å². The van der Waals surface area contributed by atoms with E-state index in [9.17, 15) is 0 Å². The molecule has 0 saturated heterocycles. The molecule has 1 heteroatoms. The Balaban J connectivity index is 2.74. The van der Waals surface area contributed by atoms with Gasteiger partial charge in [0.1, 0.15) is 0 Å². The maximum absolute atomic E-state index is 2.28. The summed E-state index contributed by atoms with van der Waals surface area (Å²) in [6, 6.07) is 8.53. The third-order valence-electron chi connectivity index (χ3n) is 2.47. The first-order valence-electron chi connectivity index (χ1n) is 4.74. The minimum atomic E-state index is 1.04. The van der Waals surface area contributed by atoms with E-state index in [1.165, 1.54) is 16.5 Å². The highest BCUT2D eigenvalue weighted by atomic mass is 14.9. The molecular weight excluding hydrogens is 158 g/mol. The molecule has 0 atom stereocenters. The van der Waals surface area contributed by atoms with Crippen molar-refractivity contribution in [2.24, 2.45) is 0 Å². The van der Waals surface area contributed by atoms with Crippen molar-refractivity contribution in [2.45, 2.75) is 20.4 Å². The fraction of sp³-hybridized carbons (Fsp3) is 0.250. The van der Waals surface area contributed by atoms with Gasteiger partial charge in [0.15, 0.2) is 0 Å². The van der Waals surface area contributed by atoms with Crippen LogP contribution in [0.5, 0.6) is 0 Å². The van der Waals surface area contributed by atoms with E-state index in [0.717, 1.165) is 6.54 Å². The molecule has 0 aliphatic carbocycles. The monoisotopic (exact) mass is 172 g/mol. The molecule has 2 aromatic rings. The van der Waals surface area contributed by atoms with Gasteiger partial charge in [-0.2, -0.15) is 0 Å². The van der Waals surface area contributed by atoms with E-state index in [1.807, 2.05) is 0 Å². The van der Waals surface area contributed by atoms with E-state index < -0.39 is 0 Å². The lowest BCUT2D eigenvalue weighted by atomic mass is 10.1. The Kier molecular flexibility index (Phi) is 2.09. The number of hydrogen-bond donors (Lipinski definition) is 0. The van der Waals surface area contributed by atoms with Crippen molar-refractivity contribution in [2.75, 3.05) is 0 Å². The lowest BCUT2D eigenvalue weighted by molar-refractivity contribution is 0.796. The van der Waals surface area contributed by atoms with Gasteiger partial charge in [0.2, 0.25) is 0 Å². The van der Waals surface area contributed by atoms with E-state index >= 15 is 0 Å². The summed E-state index contributed by atoms with van der Waals surface area (Å²) in [6.07, 6.45) is 4.37. The highest BCUT2D eigenvalue weighted by molar-refractivity contribution is 5.85. The number of para-hydroxylation sites is 1. The number of nitrogens with zero attached hydrogens (tertiary/aromatic N) is 1. The van der Waals surface area contributed by atoms with Crippen LogP contribution in [-0.4, -0.2) is 4.57 Å². The number of fused-ring (bicyclic) bond motifs is 1. The van der Waals surface area contributed by atoms with Crippen molar-refractivity contribution in [1.29, 1.82) is 0 Å². The second-order valence-electron chi connectivity index (χ2n) is 3.18. The largest absolute Gasteiger partial charge is 0.347 e. The molecule has 13 heavy (non-hydrogen) atoms. The Bertz CT molecular complexity index is 374. The number of aromatic nitrogens is 1. The van der Waals surface area contributed by atoms with Gasteiger partial charge < -0.3 is 4.57 Å². The van der Waals surface area contributed by atoms with Crippen molar-refractivity contribution in [3.05, 3.63) is 42.4 Å². The number of benzene rings is 1. The van der Waals surface area contributed by atoms with Gasteiger partial charge in [0, 0.05) is 23.6 Å². The molecule has 0 aliphatic rings. The van der Waals surface area contributed by atoms with Crippen molar-refractivity contribution < 1.29 is 0 Å². The molecule has 0 N–H and O–H groups in total. The predicted molar refractivity (Wildman–Crippen MR) is 56.7 cm³/mol. The van der Waals surface area contributed by atoms with Gasteiger partial charge in [-0.3, -0.25) is 0 Å². The van der Waals surface area contributed by atoms with Gasteiger partial charge in [-0.25, -0.2) is 0 Å². The van der Waals surface area contributed by atoms with E-state index in [0.29, 0.717) is 0 Å². The van der Waals surface area contributed by atoms with Crippen LogP contribution in [0.3, 0.4) is 0 Å². The fourth-order valence-corrected chi connectivity index (χ4v) is 1.77. The van der Waals surface area contributed by atoms with E-state index in [1.54, 1.807) is 0 Å². The van der Waals surface area contributed by atoms with Crippen LogP contribution in [0.4, 0.5) is 0 Å². The Hall–Kier alpha value is -1.24. The number of aryl methyl sites for hydroxylation is 1. The second-order valence-corrected chi connectivity index (χ2v) is 3.18. The summed E-state index contributed by atoms with van der Waals surface area (Å²) in [4.78, 5) is 0. The van der Waals surface area contributed by atoms with Crippen molar-refractivity contribution in [3.8, 4) is 0 Å². The van der Waals surface area contributed by atoms with E-state index in [-0.39, 0.29) is 0 Å². The summed E-state index contributed by atoms with van der Waals surface area (Å²) < 4.78 is 2.28. The van der Waals surface area contributed by atoms with Crippen LogP contribution in [0.1, 0.15) is 19.4 Å². The quantitative estimate of drug-likeness (QED) is 0.655. The Morgan fingerprint density at radius 1 is 1.31 bits per heavy atom. The van der Waals surface area contributed by atoms with Crippen LogP contribution >= 0.6 is 0 Å². The van der Waals surface area contributed by atoms with Crippen LogP contribution < -0.4 is 0 Å². The first-order chi connectivity index (χ1) is 6.36. The zero-order valence-corrected chi connectivity index (χ0v) is 8.12. The smallest absolute Gasteiger partial charge is 0.0483 e. The van der Waals surface area contributed by atoms with Gasteiger partial charge in [-0.1, -0.05) is 25.1 Å². The summed E-state index contributed by atoms with van der Waals surface area (Å²) in [5, 5.41) is 1.35. The molecule has 0 unspecified atom stereocenters. The van der Waals surface area contributed by atoms with Crippen LogP contribution in [0, 0.1) is 6.42 Å². The zero-order valence-electron chi connectivity index (χ0n) is 8.12. The maximum atomic E-state index is 2.28. The molecule has 1 nitrogen and oxygen atoms in total. The van der Waals surface area contributed by atoms with E-state index in [4.69, 9.17) is 0 Å². The zero-order chi connectivity index (χ0) is 9.26. The normalized spacial score (nSPS) is 10.9. The highest BCUT2D eigenvalue weighted by Gasteiger charge is 2.03. The summed E-state index contributed by atoms with van der Waals surface area (Å²) in [7, 11) is 0. The molecule has 0 fully saturated rings. The Morgan fingerprint density at radius 3 is 2.77 bits per heavy atom. The fourth-order valence-electron chi connectivity index (χ4n) is 1.77. The Labute approximate surface area is 79.0 Å². The van der Waals surface area contributed by atoms with Crippen LogP contribution in [0.2, 0.25) is 0 Å². The molecule has 0 spiro atoms. The van der Waals surface area contributed by atoms with Crippen molar-refractivity contribution >= 4 is 10.9 Å². The van der Waals surface area contributed by atoms with Crippen LogP contribution in [0.25, 0.3) is 10.9 Å². The van der Waals surface area contributed by atoms with Gasteiger partial charge in [0.05, 0.1) is 0 Å². The minimum Gasteiger partial charge on any atom is -0.347 e. The first kappa shape index (κ1) is 8.36. The summed E-state index contributed by atoms with van der Waals surface area (Å²) in [5.74, 6) is 0. The van der Waals surface area contributed by atoms with Gasteiger partial charge >= 0.3 is 0 Å². The summed E-state index contributed by atoms with van der Waals surface area (Å²) >= 11 is 0. The first-order valence-corrected chi connectivity index (χ1v) is 4.74. The third-order valence-corrected chi connectivity index (χ3v) is 2.47. The summed E-state index contributed by atoms with van der Waals surface area (Å²) in [5.41, 5.74) is 2.66. The molecule has 2 rings (SSSR count). The Morgan fingerprint density at radius 2 is 2.08 bits per heavy atom. The summed E-state index contributed by atoms with van der Waals surface area (Å²) in [6.45, 7) is 5.29.